The summed E-state index contributed by atoms with van der Waals surface area (Å²) in [5.41, 5.74) is 3.69. The minimum absolute atomic E-state index is 0.116. The SMILES string of the molecule is N[C@]1(OC(=O)C(F)(F)F)CC=CCN(c2ccccc2)C1=O. The lowest BCUT2D eigenvalue weighted by molar-refractivity contribution is -0.213. The largest absolute Gasteiger partial charge is 0.491 e. The van der Waals surface area contributed by atoms with E-state index in [1.807, 2.05) is 0 Å². The maximum atomic E-state index is 12.4. The van der Waals surface area contributed by atoms with Crippen LogP contribution in [0.1, 0.15) is 6.42 Å². The Labute approximate surface area is 124 Å². The van der Waals surface area contributed by atoms with E-state index in [-0.39, 0.29) is 13.0 Å². The van der Waals surface area contributed by atoms with Gasteiger partial charge < -0.3 is 9.64 Å². The first kappa shape index (κ1) is 16.0. The van der Waals surface area contributed by atoms with Crippen LogP contribution in [0.2, 0.25) is 0 Å². The van der Waals surface area contributed by atoms with Crippen LogP contribution in [-0.4, -0.2) is 30.3 Å². The van der Waals surface area contributed by atoms with Crippen LogP contribution in [0, 0.1) is 0 Å². The molecule has 8 heteroatoms. The van der Waals surface area contributed by atoms with E-state index in [4.69, 9.17) is 5.73 Å². The number of rotatable bonds is 2. The Morgan fingerprint density at radius 1 is 1.23 bits per heavy atom. The van der Waals surface area contributed by atoms with Crippen molar-refractivity contribution in [1.82, 2.24) is 0 Å². The molecule has 1 atom stereocenters. The third-order valence-electron chi connectivity index (χ3n) is 3.06. The van der Waals surface area contributed by atoms with Gasteiger partial charge in [0.05, 0.1) is 0 Å². The summed E-state index contributed by atoms with van der Waals surface area (Å²) < 4.78 is 41.3. The van der Waals surface area contributed by atoms with Gasteiger partial charge in [0.25, 0.3) is 5.91 Å². The van der Waals surface area contributed by atoms with Crippen LogP contribution >= 0.6 is 0 Å². The van der Waals surface area contributed by atoms with Crippen molar-refractivity contribution >= 4 is 17.6 Å². The fourth-order valence-electron chi connectivity index (χ4n) is 1.98. The monoisotopic (exact) mass is 314 g/mol. The molecule has 0 unspecified atom stereocenters. The standard InChI is InChI=1S/C14H13F3N2O3/c15-14(16,17)12(21)22-13(18)8-4-5-9-19(11(13)20)10-6-2-1-3-7-10/h1-7H,8-9,18H2/t13-/m0/s1. The quantitative estimate of drug-likeness (QED) is 0.513. The maximum absolute atomic E-state index is 12.4. The zero-order chi connectivity index (χ0) is 16.4. The Hall–Kier alpha value is -2.35. The molecular formula is C14H13F3N2O3. The molecule has 2 rings (SSSR count). The summed E-state index contributed by atoms with van der Waals surface area (Å²) in [6, 6.07) is 8.25. The van der Waals surface area contributed by atoms with Crippen molar-refractivity contribution in [3.63, 3.8) is 0 Å². The summed E-state index contributed by atoms with van der Waals surface area (Å²) >= 11 is 0. The van der Waals surface area contributed by atoms with Gasteiger partial charge in [0.1, 0.15) is 0 Å². The average molecular weight is 314 g/mol. The van der Waals surface area contributed by atoms with E-state index in [2.05, 4.69) is 4.74 Å². The molecule has 0 aliphatic carbocycles. The van der Waals surface area contributed by atoms with E-state index in [0.717, 1.165) is 4.90 Å². The Morgan fingerprint density at radius 3 is 2.45 bits per heavy atom. The molecular weight excluding hydrogens is 301 g/mol. The number of esters is 1. The zero-order valence-corrected chi connectivity index (χ0v) is 11.3. The number of para-hydroxylation sites is 1. The van der Waals surface area contributed by atoms with Gasteiger partial charge in [-0.1, -0.05) is 30.4 Å². The lowest BCUT2D eigenvalue weighted by atomic mass is 10.1. The summed E-state index contributed by atoms with van der Waals surface area (Å²) in [4.78, 5) is 24.6. The maximum Gasteiger partial charge on any atom is 0.491 e. The molecule has 1 aromatic carbocycles. The normalized spacial score (nSPS) is 22.4. The van der Waals surface area contributed by atoms with Crippen molar-refractivity contribution in [3.05, 3.63) is 42.5 Å². The number of ether oxygens (including phenoxy) is 1. The summed E-state index contributed by atoms with van der Waals surface area (Å²) in [5.74, 6) is -3.41. The van der Waals surface area contributed by atoms with Gasteiger partial charge in [-0.15, -0.1) is 0 Å². The van der Waals surface area contributed by atoms with Crippen LogP contribution in [-0.2, 0) is 14.3 Å². The minimum Gasteiger partial charge on any atom is -0.427 e. The highest BCUT2D eigenvalue weighted by Gasteiger charge is 2.49. The Kier molecular flexibility index (Phi) is 4.23. The van der Waals surface area contributed by atoms with E-state index < -0.39 is 23.8 Å². The number of anilines is 1. The van der Waals surface area contributed by atoms with E-state index in [1.54, 1.807) is 36.4 Å². The molecule has 1 aliphatic heterocycles. The number of carbonyl (C=O) groups is 2. The number of nitrogens with two attached hydrogens (primary N) is 1. The van der Waals surface area contributed by atoms with Crippen LogP contribution in [0.25, 0.3) is 0 Å². The van der Waals surface area contributed by atoms with E-state index in [1.165, 1.54) is 6.08 Å². The predicted octanol–water partition coefficient (Wildman–Crippen LogP) is 1.74. The third kappa shape index (κ3) is 3.28. The number of alkyl halides is 3. The first-order valence-corrected chi connectivity index (χ1v) is 6.35. The Balaban J connectivity index is 2.30. The molecule has 2 N–H and O–H groups in total. The van der Waals surface area contributed by atoms with E-state index in [9.17, 15) is 22.8 Å². The average Bonchev–Trinajstić information content (AvgIpc) is 2.59. The minimum atomic E-state index is -5.22. The number of carbonyl (C=O) groups excluding carboxylic acids is 2. The highest BCUT2D eigenvalue weighted by atomic mass is 19.4. The van der Waals surface area contributed by atoms with Crippen molar-refractivity contribution in [2.24, 2.45) is 5.73 Å². The van der Waals surface area contributed by atoms with Crippen LogP contribution < -0.4 is 10.6 Å². The second-order valence-corrected chi connectivity index (χ2v) is 4.70. The molecule has 22 heavy (non-hydrogen) atoms. The van der Waals surface area contributed by atoms with Gasteiger partial charge in [0, 0.05) is 18.7 Å². The van der Waals surface area contributed by atoms with Crippen LogP contribution in [0.5, 0.6) is 0 Å². The predicted molar refractivity (Wildman–Crippen MR) is 71.6 cm³/mol. The first-order chi connectivity index (χ1) is 10.2. The molecule has 0 saturated heterocycles. The first-order valence-electron chi connectivity index (χ1n) is 6.35. The van der Waals surface area contributed by atoms with Gasteiger partial charge in [0.2, 0.25) is 5.72 Å². The Morgan fingerprint density at radius 2 is 1.86 bits per heavy atom. The summed E-state index contributed by atoms with van der Waals surface area (Å²) in [6.45, 7) is 0.116. The summed E-state index contributed by atoms with van der Waals surface area (Å²) in [6.07, 6.45) is -2.58. The van der Waals surface area contributed by atoms with Crippen molar-refractivity contribution in [2.75, 3.05) is 11.4 Å². The second-order valence-electron chi connectivity index (χ2n) is 4.70. The number of benzene rings is 1. The van der Waals surface area contributed by atoms with Crippen molar-refractivity contribution in [1.29, 1.82) is 0 Å². The Bertz CT molecular complexity index is 601. The molecule has 0 aromatic heterocycles. The van der Waals surface area contributed by atoms with Crippen LogP contribution in [0.4, 0.5) is 18.9 Å². The molecule has 1 amide bonds. The third-order valence-corrected chi connectivity index (χ3v) is 3.06. The molecule has 0 radical (unpaired) electrons. The van der Waals surface area contributed by atoms with Crippen LogP contribution in [0.15, 0.2) is 42.5 Å². The molecule has 118 valence electrons. The zero-order valence-electron chi connectivity index (χ0n) is 11.3. The highest BCUT2D eigenvalue weighted by Crippen LogP contribution is 2.26. The van der Waals surface area contributed by atoms with Crippen LogP contribution in [0.3, 0.4) is 0 Å². The molecule has 1 aliphatic rings. The smallest absolute Gasteiger partial charge is 0.427 e. The number of hydrogen-bond acceptors (Lipinski definition) is 4. The molecule has 0 saturated carbocycles. The lowest BCUT2D eigenvalue weighted by Gasteiger charge is -2.31. The molecule has 0 fully saturated rings. The fourth-order valence-corrected chi connectivity index (χ4v) is 1.98. The lowest BCUT2D eigenvalue weighted by Crippen LogP contribution is -2.58. The van der Waals surface area contributed by atoms with Crippen molar-refractivity contribution < 1.29 is 27.5 Å². The number of nitrogens with zero attached hydrogens (tertiary/aromatic N) is 1. The summed E-state index contributed by atoms with van der Waals surface area (Å²) in [5, 5.41) is 0. The van der Waals surface area contributed by atoms with Gasteiger partial charge in [0.15, 0.2) is 0 Å². The summed E-state index contributed by atoms with van der Waals surface area (Å²) in [7, 11) is 0. The van der Waals surface area contributed by atoms with Crippen molar-refractivity contribution in [3.8, 4) is 0 Å². The van der Waals surface area contributed by atoms with Crippen molar-refractivity contribution in [2.45, 2.75) is 18.3 Å². The molecule has 1 heterocycles. The highest BCUT2D eigenvalue weighted by molar-refractivity contribution is 6.01. The molecule has 0 spiro atoms. The van der Waals surface area contributed by atoms with Gasteiger partial charge in [-0.3, -0.25) is 10.5 Å². The fraction of sp³-hybridized carbons (Fsp3) is 0.286. The van der Waals surface area contributed by atoms with E-state index >= 15 is 0 Å². The number of amides is 1. The van der Waals surface area contributed by atoms with Gasteiger partial charge in [-0.25, -0.2) is 4.79 Å². The van der Waals surface area contributed by atoms with Gasteiger partial charge >= 0.3 is 12.1 Å². The van der Waals surface area contributed by atoms with Gasteiger partial charge in [-0.2, -0.15) is 13.2 Å². The molecule has 0 bridgehead atoms. The second kappa shape index (κ2) is 5.80. The molecule has 1 aromatic rings. The van der Waals surface area contributed by atoms with Gasteiger partial charge in [-0.05, 0) is 12.1 Å². The topological polar surface area (TPSA) is 72.6 Å². The molecule has 5 nitrogen and oxygen atoms in total. The number of halogens is 3. The van der Waals surface area contributed by atoms with E-state index in [0.29, 0.717) is 5.69 Å². The number of hydrogen-bond donors (Lipinski definition) is 1.